The van der Waals surface area contributed by atoms with Crippen LogP contribution in [0.25, 0.3) is 0 Å². The number of para-hydroxylation sites is 1. The second-order valence-electron chi connectivity index (χ2n) is 10.3. The lowest BCUT2D eigenvalue weighted by Gasteiger charge is -2.33. The maximum Gasteiger partial charge on any atom is 0.264 e. The summed E-state index contributed by atoms with van der Waals surface area (Å²) >= 11 is 3.48. The molecule has 0 radical (unpaired) electrons. The molecule has 0 heterocycles. The number of aryl methyl sites for hydroxylation is 1. The van der Waals surface area contributed by atoms with Crippen LogP contribution in [0.3, 0.4) is 0 Å². The van der Waals surface area contributed by atoms with Crippen LogP contribution >= 0.6 is 15.9 Å². The molecule has 1 N–H and O–H groups in total. The molecule has 1 atom stereocenters. The van der Waals surface area contributed by atoms with Gasteiger partial charge in [-0.2, -0.15) is 0 Å². The molecule has 1 unspecified atom stereocenters. The Morgan fingerprint density at radius 1 is 0.950 bits per heavy atom. The van der Waals surface area contributed by atoms with Crippen LogP contribution in [-0.2, 0) is 26.2 Å². The molecule has 0 saturated heterocycles. The molecule has 3 aromatic rings. The van der Waals surface area contributed by atoms with Crippen LogP contribution in [0.4, 0.5) is 5.69 Å². The summed E-state index contributed by atoms with van der Waals surface area (Å²) in [6.45, 7) is 3.23. The maximum atomic E-state index is 14.1. The number of nitrogens with one attached hydrogen (secondary N) is 1. The highest BCUT2D eigenvalue weighted by molar-refractivity contribution is 9.10. The molecule has 9 heteroatoms. The zero-order chi connectivity index (χ0) is 28.7. The minimum absolute atomic E-state index is 0.0904. The van der Waals surface area contributed by atoms with E-state index in [0.29, 0.717) is 5.69 Å². The Bertz CT molecular complexity index is 1430. The van der Waals surface area contributed by atoms with E-state index in [2.05, 4.69) is 21.2 Å². The molecule has 0 aromatic heterocycles. The number of hydrogen-bond acceptors (Lipinski definition) is 4. The number of carbonyl (C=O) groups excluding carboxylic acids is 2. The van der Waals surface area contributed by atoms with Gasteiger partial charge in [0.2, 0.25) is 11.8 Å². The van der Waals surface area contributed by atoms with Crippen LogP contribution in [0.5, 0.6) is 0 Å². The molecular formula is C31H36BrN3O4S. The number of rotatable bonds is 10. The summed E-state index contributed by atoms with van der Waals surface area (Å²) in [7, 11) is -4.08. The topological polar surface area (TPSA) is 86.8 Å². The van der Waals surface area contributed by atoms with Crippen molar-refractivity contribution >= 4 is 43.5 Å². The number of anilines is 1. The summed E-state index contributed by atoms with van der Waals surface area (Å²) in [5, 5.41) is 3.13. The number of halogens is 1. The lowest BCUT2D eigenvalue weighted by Crippen LogP contribution is -2.53. The molecule has 0 bridgehead atoms. The van der Waals surface area contributed by atoms with E-state index in [1.165, 1.54) is 23.5 Å². The molecule has 2 amide bonds. The summed E-state index contributed by atoms with van der Waals surface area (Å²) < 4.78 is 29.8. The van der Waals surface area contributed by atoms with E-state index >= 15 is 0 Å². The third kappa shape index (κ3) is 7.31. The van der Waals surface area contributed by atoms with Gasteiger partial charge >= 0.3 is 0 Å². The van der Waals surface area contributed by atoms with Crippen LogP contribution in [-0.4, -0.2) is 43.8 Å². The Balaban J connectivity index is 1.68. The molecule has 212 valence electrons. The zero-order valence-electron chi connectivity index (χ0n) is 22.9. The fraction of sp³-hybridized carbons (Fsp3) is 0.355. The minimum atomic E-state index is -4.08. The Labute approximate surface area is 245 Å². The normalized spacial score (nSPS) is 14.8. The summed E-state index contributed by atoms with van der Waals surface area (Å²) in [5.74, 6) is -0.697. The predicted octanol–water partition coefficient (Wildman–Crippen LogP) is 5.82. The van der Waals surface area contributed by atoms with E-state index in [4.69, 9.17) is 0 Å². The Kier molecular flexibility index (Phi) is 10.0. The van der Waals surface area contributed by atoms with Gasteiger partial charge in [-0.25, -0.2) is 8.42 Å². The first kappa shape index (κ1) is 29.8. The molecule has 1 aliphatic carbocycles. The zero-order valence-corrected chi connectivity index (χ0v) is 25.3. The highest BCUT2D eigenvalue weighted by atomic mass is 79.9. The van der Waals surface area contributed by atoms with Crippen molar-refractivity contribution in [3.63, 3.8) is 0 Å². The van der Waals surface area contributed by atoms with Crippen LogP contribution in [0, 0.1) is 6.92 Å². The van der Waals surface area contributed by atoms with Gasteiger partial charge in [0.05, 0.1) is 10.6 Å². The Hall–Kier alpha value is -3.17. The van der Waals surface area contributed by atoms with E-state index < -0.39 is 28.5 Å². The number of sulfonamides is 1. The van der Waals surface area contributed by atoms with Crippen molar-refractivity contribution in [3.8, 4) is 0 Å². The van der Waals surface area contributed by atoms with Crippen LogP contribution in [0.1, 0.15) is 50.2 Å². The van der Waals surface area contributed by atoms with Crippen LogP contribution < -0.4 is 9.62 Å². The van der Waals surface area contributed by atoms with Gasteiger partial charge in [0.15, 0.2) is 0 Å². The Morgan fingerprint density at radius 3 is 2.30 bits per heavy atom. The summed E-state index contributed by atoms with van der Waals surface area (Å²) in [6, 6.07) is 22.0. The molecule has 1 fully saturated rings. The van der Waals surface area contributed by atoms with Crippen molar-refractivity contribution in [3.05, 3.63) is 94.5 Å². The lowest BCUT2D eigenvalue weighted by atomic mass is 9.95. The number of amides is 2. The monoisotopic (exact) mass is 625 g/mol. The van der Waals surface area contributed by atoms with Gasteiger partial charge in [-0.05, 0) is 68.1 Å². The molecule has 3 aromatic carbocycles. The van der Waals surface area contributed by atoms with Crippen LogP contribution in [0.15, 0.2) is 88.2 Å². The van der Waals surface area contributed by atoms with Crippen molar-refractivity contribution in [2.24, 2.45) is 0 Å². The van der Waals surface area contributed by atoms with Crippen molar-refractivity contribution in [2.45, 2.75) is 69.5 Å². The first-order chi connectivity index (χ1) is 19.2. The molecule has 40 heavy (non-hydrogen) atoms. The van der Waals surface area contributed by atoms with E-state index in [-0.39, 0.29) is 23.4 Å². The highest BCUT2D eigenvalue weighted by Gasteiger charge is 2.33. The summed E-state index contributed by atoms with van der Waals surface area (Å²) in [4.78, 5) is 29.0. The molecule has 1 aliphatic rings. The molecule has 7 nitrogen and oxygen atoms in total. The fourth-order valence-corrected chi connectivity index (χ4v) is 7.01. The standard InChI is InChI=1S/C31H36BrN3O4S/c1-23-12-9-10-19-29(23)35(40(38,39)28-17-7-4-8-18-28)22-30(36)34(21-25-13-11-14-26(32)20-25)24(2)31(37)33-27-15-5-3-6-16-27/h4,7-14,17-20,24,27H,3,5-6,15-16,21-22H2,1-2H3,(H,33,37). The average Bonchev–Trinajstić information content (AvgIpc) is 2.95. The maximum absolute atomic E-state index is 14.1. The van der Waals surface area contributed by atoms with Gasteiger partial charge in [-0.15, -0.1) is 0 Å². The van der Waals surface area contributed by atoms with Crippen molar-refractivity contribution < 1.29 is 18.0 Å². The van der Waals surface area contributed by atoms with Gasteiger partial charge < -0.3 is 10.2 Å². The highest BCUT2D eigenvalue weighted by Crippen LogP contribution is 2.27. The smallest absolute Gasteiger partial charge is 0.264 e. The van der Waals surface area contributed by atoms with Crippen molar-refractivity contribution in [2.75, 3.05) is 10.8 Å². The third-order valence-corrected chi connectivity index (χ3v) is 9.62. The van der Waals surface area contributed by atoms with Gasteiger partial charge in [0.25, 0.3) is 10.0 Å². The fourth-order valence-electron chi connectivity index (χ4n) is 5.06. The first-order valence-electron chi connectivity index (χ1n) is 13.6. The average molecular weight is 627 g/mol. The van der Waals surface area contributed by atoms with Crippen LogP contribution in [0.2, 0.25) is 0 Å². The summed E-state index contributed by atoms with van der Waals surface area (Å²) in [5.41, 5.74) is 1.96. The Morgan fingerprint density at radius 2 is 1.62 bits per heavy atom. The SMILES string of the molecule is Cc1ccccc1N(CC(=O)N(Cc1cccc(Br)c1)C(C)C(=O)NC1CCCCC1)S(=O)(=O)c1ccccc1. The molecule has 1 saturated carbocycles. The van der Waals surface area contributed by atoms with E-state index in [9.17, 15) is 18.0 Å². The largest absolute Gasteiger partial charge is 0.352 e. The van der Waals surface area contributed by atoms with Gasteiger partial charge in [0, 0.05) is 17.1 Å². The van der Waals surface area contributed by atoms with E-state index in [1.807, 2.05) is 43.3 Å². The number of carbonyl (C=O) groups is 2. The van der Waals surface area contributed by atoms with Crippen molar-refractivity contribution in [1.29, 1.82) is 0 Å². The summed E-state index contributed by atoms with van der Waals surface area (Å²) in [6.07, 6.45) is 5.16. The van der Waals surface area contributed by atoms with E-state index in [1.54, 1.807) is 37.3 Å². The molecule has 0 aliphatic heterocycles. The molecule has 0 spiro atoms. The second-order valence-corrected chi connectivity index (χ2v) is 13.1. The third-order valence-electron chi connectivity index (χ3n) is 7.36. The minimum Gasteiger partial charge on any atom is -0.352 e. The van der Waals surface area contributed by atoms with Gasteiger partial charge in [-0.1, -0.05) is 83.7 Å². The lowest BCUT2D eigenvalue weighted by molar-refractivity contribution is -0.139. The first-order valence-corrected chi connectivity index (χ1v) is 15.9. The number of nitrogens with zero attached hydrogens (tertiary/aromatic N) is 2. The van der Waals surface area contributed by atoms with E-state index in [0.717, 1.165) is 45.6 Å². The van der Waals surface area contributed by atoms with Crippen molar-refractivity contribution in [1.82, 2.24) is 10.2 Å². The molecular weight excluding hydrogens is 590 g/mol. The second kappa shape index (κ2) is 13.5. The molecule has 4 rings (SSSR count). The quantitative estimate of drug-likeness (QED) is 0.308. The number of hydrogen-bond donors (Lipinski definition) is 1. The van der Waals surface area contributed by atoms with Gasteiger partial charge in [-0.3, -0.25) is 13.9 Å². The predicted molar refractivity (Wildman–Crippen MR) is 161 cm³/mol. The van der Waals surface area contributed by atoms with Gasteiger partial charge in [0.1, 0.15) is 12.6 Å². The number of benzene rings is 3.